The normalized spacial score (nSPS) is 21.6. The van der Waals surface area contributed by atoms with Gasteiger partial charge in [-0.3, -0.25) is 14.6 Å². The van der Waals surface area contributed by atoms with Crippen LogP contribution >= 0.6 is 0 Å². The van der Waals surface area contributed by atoms with Crippen LogP contribution < -0.4 is 10.6 Å². The Morgan fingerprint density at radius 1 is 1.33 bits per heavy atom. The lowest BCUT2D eigenvalue weighted by molar-refractivity contribution is -0.143. The molecule has 3 N–H and O–H groups in total. The number of carboxylic acid groups (broad SMARTS) is 1. The number of anilines is 1. The summed E-state index contributed by atoms with van der Waals surface area (Å²) in [5.41, 5.74) is 1.25. The Labute approximate surface area is 124 Å². The van der Waals surface area contributed by atoms with E-state index in [1.54, 1.807) is 19.3 Å². The van der Waals surface area contributed by atoms with Crippen LogP contribution in [0.1, 0.15) is 36.2 Å². The van der Waals surface area contributed by atoms with Crippen LogP contribution in [0.5, 0.6) is 0 Å². The number of carbonyl (C=O) groups is 2. The van der Waals surface area contributed by atoms with Gasteiger partial charge in [-0.15, -0.1) is 0 Å². The minimum Gasteiger partial charge on any atom is -0.481 e. The molecule has 1 amide bonds. The molecule has 1 aliphatic rings. The average molecular weight is 291 g/mol. The zero-order valence-electron chi connectivity index (χ0n) is 12.1. The van der Waals surface area contributed by atoms with Crippen LogP contribution in [0, 0.1) is 11.8 Å². The Balaban J connectivity index is 1.84. The summed E-state index contributed by atoms with van der Waals surface area (Å²) in [6.07, 6.45) is 4.96. The van der Waals surface area contributed by atoms with Gasteiger partial charge in [-0.25, -0.2) is 0 Å². The topological polar surface area (TPSA) is 91.3 Å². The molecule has 0 atom stereocenters. The Morgan fingerprint density at radius 2 is 2.05 bits per heavy atom. The third-order valence-electron chi connectivity index (χ3n) is 4.01. The Hall–Kier alpha value is -2.11. The fourth-order valence-electron chi connectivity index (χ4n) is 2.67. The van der Waals surface area contributed by atoms with Crippen molar-refractivity contribution in [3.8, 4) is 0 Å². The summed E-state index contributed by atoms with van der Waals surface area (Å²) in [4.78, 5) is 26.4. The Kier molecular flexibility index (Phi) is 5.14. The van der Waals surface area contributed by atoms with E-state index in [-0.39, 0.29) is 11.8 Å². The predicted molar refractivity (Wildman–Crippen MR) is 79.2 cm³/mol. The fourth-order valence-corrected chi connectivity index (χ4v) is 2.67. The van der Waals surface area contributed by atoms with Crippen LogP contribution in [0.25, 0.3) is 0 Å². The highest BCUT2D eigenvalue weighted by molar-refractivity contribution is 5.92. The SMILES string of the molecule is CNC(=O)c1cc(NCC2CCC(C(=O)O)CC2)ccn1. The van der Waals surface area contributed by atoms with Gasteiger partial charge in [0.05, 0.1) is 5.92 Å². The van der Waals surface area contributed by atoms with Gasteiger partial charge in [0.2, 0.25) is 0 Å². The van der Waals surface area contributed by atoms with Gasteiger partial charge in [-0.05, 0) is 43.7 Å². The van der Waals surface area contributed by atoms with Crippen molar-refractivity contribution in [2.24, 2.45) is 11.8 Å². The van der Waals surface area contributed by atoms with Crippen molar-refractivity contribution >= 4 is 17.6 Å². The van der Waals surface area contributed by atoms with E-state index >= 15 is 0 Å². The molecule has 21 heavy (non-hydrogen) atoms. The van der Waals surface area contributed by atoms with Crippen molar-refractivity contribution < 1.29 is 14.7 Å². The number of rotatable bonds is 5. The van der Waals surface area contributed by atoms with Gasteiger partial charge in [0.25, 0.3) is 5.91 Å². The monoisotopic (exact) mass is 291 g/mol. The van der Waals surface area contributed by atoms with E-state index in [1.165, 1.54) is 0 Å². The number of aromatic nitrogens is 1. The summed E-state index contributed by atoms with van der Waals surface area (Å²) in [6.45, 7) is 0.795. The molecule has 0 saturated heterocycles. The lowest BCUT2D eigenvalue weighted by Gasteiger charge is -2.26. The third-order valence-corrected chi connectivity index (χ3v) is 4.01. The van der Waals surface area contributed by atoms with Gasteiger partial charge in [0, 0.05) is 25.5 Å². The molecule has 0 aliphatic heterocycles. The number of pyridine rings is 1. The molecule has 0 radical (unpaired) electrons. The van der Waals surface area contributed by atoms with Crippen LogP contribution in [0.4, 0.5) is 5.69 Å². The lowest BCUT2D eigenvalue weighted by atomic mass is 9.82. The molecule has 1 aromatic heterocycles. The first kappa shape index (κ1) is 15.3. The predicted octanol–water partition coefficient (Wildman–Crippen LogP) is 1.74. The van der Waals surface area contributed by atoms with Gasteiger partial charge in [0.15, 0.2) is 0 Å². The van der Waals surface area contributed by atoms with Gasteiger partial charge in [-0.1, -0.05) is 0 Å². The molecule has 1 heterocycles. The molecule has 1 aliphatic carbocycles. The number of amides is 1. The highest BCUT2D eigenvalue weighted by Gasteiger charge is 2.25. The van der Waals surface area contributed by atoms with E-state index in [9.17, 15) is 9.59 Å². The molecule has 0 bridgehead atoms. The van der Waals surface area contributed by atoms with Gasteiger partial charge < -0.3 is 15.7 Å². The summed E-state index contributed by atoms with van der Waals surface area (Å²) >= 11 is 0. The summed E-state index contributed by atoms with van der Waals surface area (Å²) in [6, 6.07) is 3.55. The smallest absolute Gasteiger partial charge is 0.306 e. The molecule has 6 heteroatoms. The first-order valence-corrected chi connectivity index (χ1v) is 7.25. The molecular weight excluding hydrogens is 270 g/mol. The Morgan fingerprint density at radius 3 is 2.67 bits per heavy atom. The number of nitrogens with one attached hydrogen (secondary N) is 2. The lowest BCUT2D eigenvalue weighted by Crippen LogP contribution is -2.25. The number of hydrogen-bond donors (Lipinski definition) is 3. The van der Waals surface area contributed by atoms with Gasteiger partial charge in [-0.2, -0.15) is 0 Å². The molecule has 0 aromatic carbocycles. The minimum atomic E-state index is -0.675. The number of hydrogen-bond acceptors (Lipinski definition) is 4. The maximum absolute atomic E-state index is 11.5. The highest BCUT2D eigenvalue weighted by Crippen LogP contribution is 2.29. The second-order valence-electron chi connectivity index (χ2n) is 5.45. The maximum Gasteiger partial charge on any atom is 0.306 e. The number of carbonyl (C=O) groups excluding carboxylic acids is 1. The molecular formula is C15H21N3O3. The van der Waals surface area contributed by atoms with E-state index < -0.39 is 5.97 Å². The zero-order chi connectivity index (χ0) is 15.2. The van der Waals surface area contributed by atoms with E-state index in [1.807, 2.05) is 6.07 Å². The van der Waals surface area contributed by atoms with Crippen molar-refractivity contribution in [2.75, 3.05) is 18.9 Å². The summed E-state index contributed by atoms with van der Waals surface area (Å²) < 4.78 is 0. The average Bonchev–Trinajstić information content (AvgIpc) is 2.52. The molecule has 1 saturated carbocycles. The maximum atomic E-state index is 11.5. The van der Waals surface area contributed by atoms with Crippen molar-refractivity contribution in [3.05, 3.63) is 24.0 Å². The van der Waals surface area contributed by atoms with E-state index in [2.05, 4.69) is 15.6 Å². The summed E-state index contributed by atoms with van der Waals surface area (Å²) in [5.74, 6) is -0.578. The zero-order valence-corrected chi connectivity index (χ0v) is 12.1. The molecule has 6 nitrogen and oxygen atoms in total. The Bertz CT molecular complexity index is 511. The van der Waals surface area contributed by atoms with Crippen LogP contribution in [0.15, 0.2) is 18.3 Å². The minimum absolute atomic E-state index is 0.179. The van der Waals surface area contributed by atoms with Gasteiger partial charge in [0.1, 0.15) is 5.69 Å². The van der Waals surface area contributed by atoms with Crippen LogP contribution in [-0.4, -0.2) is 35.6 Å². The van der Waals surface area contributed by atoms with E-state index in [0.29, 0.717) is 11.6 Å². The second-order valence-corrected chi connectivity index (χ2v) is 5.45. The van der Waals surface area contributed by atoms with E-state index in [4.69, 9.17) is 5.11 Å². The van der Waals surface area contributed by atoms with Gasteiger partial charge >= 0.3 is 5.97 Å². The number of aliphatic carboxylic acids is 1. The molecule has 0 spiro atoms. The number of nitrogens with zero attached hydrogens (tertiary/aromatic N) is 1. The molecule has 1 fully saturated rings. The fraction of sp³-hybridized carbons (Fsp3) is 0.533. The summed E-state index contributed by atoms with van der Waals surface area (Å²) in [5, 5.41) is 14.8. The van der Waals surface area contributed by atoms with Crippen molar-refractivity contribution in [2.45, 2.75) is 25.7 Å². The number of carboxylic acids is 1. The van der Waals surface area contributed by atoms with Crippen LogP contribution in [0.2, 0.25) is 0 Å². The van der Waals surface area contributed by atoms with Crippen LogP contribution in [-0.2, 0) is 4.79 Å². The third kappa shape index (κ3) is 4.18. The largest absolute Gasteiger partial charge is 0.481 e. The highest BCUT2D eigenvalue weighted by atomic mass is 16.4. The van der Waals surface area contributed by atoms with Crippen molar-refractivity contribution in [3.63, 3.8) is 0 Å². The first-order valence-electron chi connectivity index (χ1n) is 7.25. The van der Waals surface area contributed by atoms with Crippen molar-refractivity contribution in [1.29, 1.82) is 0 Å². The van der Waals surface area contributed by atoms with E-state index in [0.717, 1.165) is 37.9 Å². The molecule has 1 aromatic rings. The first-order chi connectivity index (χ1) is 10.1. The summed E-state index contributed by atoms with van der Waals surface area (Å²) in [7, 11) is 1.57. The molecule has 114 valence electrons. The quantitative estimate of drug-likeness (QED) is 0.768. The van der Waals surface area contributed by atoms with Crippen molar-refractivity contribution in [1.82, 2.24) is 10.3 Å². The standard InChI is InChI=1S/C15H21N3O3/c1-16-14(19)13-8-12(6-7-17-13)18-9-10-2-4-11(5-3-10)15(20)21/h6-8,10-11H,2-5,9H2,1H3,(H,16,19)(H,17,18)(H,20,21). The molecule has 2 rings (SSSR count). The van der Waals surface area contributed by atoms with Crippen LogP contribution in [0.3, 0.4) is 0 Å². The molecule has 0 unspecified atom stereocenters. The second kappa shape index (κ2) is 7.06.